The average Bonchev–Trinajstić information content (AvgIpc) is 2.68. The normalized spacial score (nSPS) is 26.8. The molecule has 0 aromatic heterocycles. The van der Waals surface area contributed by atoms with E-state index in [1.54, 1.807) is 24.3 Å². The van der Waals surface area contributed by atoms with Crippen molar-refractivity contribution in [3.63, 3.8) is 0 Å². The summed E-state index contributed by atoms with van der Waals surface area (Å²) in [6, 6.07) is 6.73. The molecule has 1 fully saturated rings. The van der Waals surface area contributed by atoms with Crippen molar-refractivity contribution in [1.82, 2.24) is 0 Å². The molecule has 0 radical (unpaired) electrons. The van der Waals surface area contributed by atoms with E-state index in [1.165, 1.54) is 0 Å². The van der Waals surface area contributed by atoms with Crippen molar-refractivity contribution in [3.8, 4) is 0 Å². The molecule has 2 rings (SSSR count). The molecule has 1 aromatic carbocycles. The minimum atomic E-state index is -3.62. The van der Waals surface area contributed by atoms with Gasteiger partial charge in [-0.25, -0.2) is 0 Å². The molecule has 0 bridgehead atoms. The van der Waals surface area contributed by atoms with Gasteiger partial charge in [-0.2, -0.15) is 8.42 Å². The second kappa shape index (κ2) is 3.82. The number of rotatable bonds is 3. The van der Waals surface area contributed by atoms with Crippen LogP contribution in [0.1, 0.15) is 26.3 Å². The van der Waals surface area contributed by atoms with Crippen molar-refractivity contribution < 1.29 is 12.6 Å². The third-order valence-electron chi connectivity index (χ3n) is 3.79. The van der Waals surface area contributed by atoms with Crippen LogP contribution in [0.3, 0.4) is 0 Å². The van der Waals surface area contributed by atoms with E-state index in [2.05, 4.69) is 0 Å². The van der Waals surface area contributed by atoms with Crippen molar-refractivity contribution >= 4 is 10.1 Å². The molecule has 1 aliphatic rings. The smallest absolute Gasteiger partial charge is 0.262 e. The summed E-state index contributed by atoms with van der Waals surface area (Å²) in [5.41, 5.74) is 0.988. The molecule has 2 atom stereocenters. The van der Waals surface area contributed by atoms with Crippen LogP contribution in [0, 0.1) is 18.3 Å². The second-order valence-electron chi connectivity index (χ2n) is 5.39. The number of aryl methyl sites for hydroxylation is 1. The lowest BCUT2D eigenvalue weighted by molar-refractivity contribution is 0.261. The summed E-state index contributed by atoms with van der Waals surface area (Å²) in [6.45, 7) is 7.97. The molecule has 0 heterocycles. The molecule has 1 saturated carbocycles. The van der Waals surface area contributed by atoms with Gasteiger partial charge >= 0.3 is 0 Å². The first-order valence-corrected chi connectivity index (χ1v) is 7.16. The first-order valence-electron chi connectivity index (χ1n) is 5.75. The molecule has 3 nitrogen and oxygen atoms in total. The summed E-state index contributed by atoms with van der Waals surface area (Å²) in [6.07, 6.45) is -0.200. The lowest BCUT2D eigenvalue weighted by atomic mass is 10.1. The van der Waals surface area contributed by atoms with Crippen LogP contribution in [0.2, 0.25) is 0 Å². The lowest BCUT2D eigenvalue weighted by Gasteiger charge is -2.07. The van der Waals surface area contributed by atoms with Crippen molar-refractivity contribution in [2.24, 2.45) is 11.3 Å². The topological polar surface area (TPSA) is 43.4 Å². The zero-order chi connectivity index (χ0) is 12.8. The van der Waals surface area contributed by atoms with E-state index in [0.717, 1.165) is 5.56 Å². The van der Waals surface area contributed by atoms with Crippen LogP contribution in [-0.4, -0.2) is 14.5 Å². The van der Waals surface area contributed by atoms with Gasteiger partial charge in [0.15, 0.2) is 0 Å². The van der Waals surface area contributed by atoms with E-state index >= 15 is 0 Å². The van der Waals surface area contributed by atoms with Gasteiger partial charge in [0.25, 0.3) is 10.1 Å². The van der Waals surface area contributed by atoms with E-state index in [-0.39, 0.29) is 22.3 Å². The zero-order valence-electron chi connectivity index (χ0n) is 10.6. The highest BCUT2D eigenvalue weighted by atomic mass is 32.2. The molecule has 0 saturated heterocycles. The molecule has 0 aliphatic heterocycles. The number of hydrogen-bond acceptors (Lipinski definition) is 3. The van der Waals surface area contributed by atoms with Crippen molar-refractivity contribution in [1.29, 1.82) is 0 Å². The summed E-state index contributed by atoms with van der Waals surface area (Å²) in [7, 11) is -3.62. The fourth-order valence-corrected chi connectivity index (χ4v) is 3.21. The number of hydrogen-bond donors (Lipinski definition) is 0. The van der Waals surface area contributed by atoms with E-state index in [0.29, 0.717) is 0 Å². The molecule has 1 aliphatic carbocycles. The molecule has 17 heavy (non-hydrogen) atoms. The lowest BCUT2D eigenvalue weighted by Crippen LogP contribution is -2.11. The molecule has 94 valence electrons. The highest BCUT2D eigenvalue weighted by Crippen LogP contribution is 2.54. The van der Waals surface area contributed by atoms with Gasteiger partial charge in [0.1, 0.15) is 0 Å². The molecule has 0 spiro atoms. The summed E-state index contributed by atoms with van der Waals surface area (Å²) in [4.78, 5) is 0.234. The summed E-state index contributed by atoms with van der Waals surface area (Å²) < 4.78 is 29.3. The van der Waals surface area contributed by atoms with Gasteiger partial charge in [0, 0.05) is 0 Å². The Morgan fingerprint density at radius 2 is 1.65 bits per heavy atom. The van der Waals surface area contributed by atoms with Gasteiger partial charge < -0.3 is 0 Å². The van der Waals surface area contributed by atoms with E-state index < -0.39 is 10.1 Å². The van der Waals surface area contributed by atoms with Gasteiger partial charge in [0.2, 0.25) is 0 Å². The Morgan fingerprint density at radius 1 is 1.18 bits per heavy atom. The first kappa shape index (κ1) is 12.6. The summed E-state index contributed by atoms with van der Waals surface area (Å²) in [5.74, 6) is 0.280. The molecular weight excluding hydrogens is 236 g/mol. The van der Waals surface area contributed by atoms with Gasteiger partial charge in [-0.15, -0.1) is 0 Å². The molecular formula is C13H18O3S. The minimum absolute atomic E-state index is 0.0439. The monoisotopic (exact) mass is 254 g/mol. The average molecular weight is 254 g/mol. The van der Waals surface area contributed by atoms with Crippen LogP contribution < -0.4 is 0 Å². The molecule has 0 N–H and O–H groups in total. The maximum atomic E-state index is 12.0. The molecule has 1 aromatic rings. The Bertz CT molecular complexity index is 514. The fraction of sp³-hybridized carbons (Fsp3) is 0.538. The van der Waals surface area contributed by atoms with Gasteiger partial charge in [-0.05, 0) is 30.4 Å². The molecule has 0 unspecified atom stereocenters. The molecule has 4 heteroatoms. The Kier molecular flexibility index (Phi) is 2.83. The predicted molar refractivity (Wildman–Crippen MR) is 66.2 cm³/mol. The highest BCUT2D eigenvalue weighted by molar-refractivity contribution is 7.86. The second-order valence-corrected chi connectivity index (χ2v) is 6.97. The van der Waals surface area contributed by atoms with Crippen LogP contribution in [0.25, 0.3) is 0 Å². The summed E-state index contributed by atoms with van der Waals surface area (Å²) >= 11 is 0. The molecule has 0 amide bonds. The van der Waals surface area contributed by atoms with Gasteiger partial charge in [-0.1, -0.05) is 38.5 Å². The van der Waals surface area contributed by atoms with Gasteiger partial charge in [-0.3, -0.25) is 4.18 Å². The van der Waals surface area contributed by atoms with Crippen LogP contribution in [0.5, 0.6) is 0 Å². The van der Waals surface area contributed by atoms with Crippen LogP contribution >= 0.6 is 0 Å². The standard InChI is InChI=1S/C13H18O3S/c1-9-5-7-11(8-6-9)17(14,15)16-12-10(2)13(12,3)4/h5-8,10,12H,1-4H3/t10-,12-/m1/s1. The van der Waals surface area contributed by atoms with Gasteiger partial charge in [0.05, 0.1) is 11.0 Å². The van der Waals surface area contributed by atoms with Crippen LogP contribution in [0.15, 0.2) is 29.2 Å². The third kappa shape index (κ3) is 2.24. The van der Waals surface area contributed by atoms with Crippen LogP contribution in [0.4, 0.5) is 0 Å². The largest absolute Gasteiger partial charge is 0.297 e. The minimum Gasteiger partial charge on any atom is -0.262 e. The predicted octanol–water partition coefficient (Wildman–Crippen LogP) is 2.74. The Hall–Kier alpha value is -0.870. The third-order valence-corrected chi connectivity index (χ3v) is 5.10. The summed E-state index contributed by atoms with van der Waals surface area (Å²) in [5, 5.41) is 0. The number of benzene rings is 1. The Labute approximate surface area is 103 Å². The Balaban J connectivity index is 2.18. The fourth-order valence-electron chi connectivity index (χ4n) is 1.94. The van der Waals surface area contributed by atoms with E-state index in [1.807, 2.05) is 27.7 Å². The zero-order valence-corrected chi connectivity index (χ0v) is 11.4. The first-order chi connectivity index (χ1) is 7.75. The quantitative estimate of drug-likeness (QED) is 0.779. The van der Waals surface area contributed by atoms with Crippen molar-refractivity contribution in [2.45, 2.75) is 38.7 Å². The van der Waals surface area contributed by atoms with Crippen molar-refractivity contribution in [3.05, 3.63) is 29.8 Å². The van der Waals surface area contributed by atoms with Crippen LogP contribution in [-0.2, 0) is 14.3 Å². The highest BCUT2D eigenvalue weighted by Gasteiger charge is 2.58. The van der Waals surface area contributed by atoms with E-state index in [4.69, 9.17) is 4.18 Å². The maximum Gasteiger partial charge on any atom is 0.297 e. The maximum absolute atomic E-state index is 12.0. The van der Waals surface area contributed by atoms with E-state index in [9.17, 15) is 8.42 Å². The SMILES string of the molecule is Cc1ccc(S(=O)(=O)O[C@@H]2[C@@H](C)C2(C)C)cc1. The Morgan fingerprint density at radius 3 is 2.06 bits per heavy atom. The van der Waals surface area contributed by atoms with Crippen molar-refractivity contribution in [2.75, 3.05) is 0 Å².